The maximum absolute atomic E-state index is 11.9. The predicted molar refractivity (Wildman–Crippen MR) is 76.4 cm³/mol. The quantitative estimate of drug-likeness (QED) is 0.689. The van der Waals surface area contributed by atoms with Crippen LogP contribution in [-0.2, 0) is 6.54 Å². The molecular weight excluding hydrogens is 302 g/mol. The molecule has 1 aliphatic heterocycles. The summed E-state index contributed by atoms with van der Waals surface area (Å²) in [6, 6.07) is 0.189. The molecule has 10 nitrogen and oxygen atoms in total. The second-order valence-corrected chi connectivity index (χ2v) is 5.96. The van der Waals surface area contributed by atoms with Crippen molar-refractivity contribution in [3.8, 4) is 0 Å². The van der Waals surface area contributed by atoms with Crippen LogP contribution in [0.15, 0.2) is 9.32 Å². The van der Waals surface area contributed by atoms with Crippen molar-refractivity contribution >= 4 is 5.91 Å². The number of carbonyl (C=O) groups excluding carboxylic acids is 1. The lowest BCUT2D eigenvalue weighted by atomic mass is 10.2. The Hall–Kier alpha value is -2.49. The van der Waals surface area contributed by atoms with Gasteiger partial charge in [-0.1, -0.05) is 5.16 Å². The van der Waals surface area contributed by atoms with Gasteiger partial charge in [-0.15, -0.1) is 0 Å². The van der Waals surface area contributed by atoms with Crippen molar-refractivity contribution in [2.75, 3.05) is 6.54 Å². The first-order valence-electron chi connectivity index (χ1n) is 7.71. The maximum Gasteiger partial charge on any atom is 0.340 e. The fourth-order valence-electron chi connectivity index (χ4n) is 2.81. The summed E-state index contributed by atoms with van der Waals surface area (Å²) < 4.78 is 5.28. The van der Waals surface area contributed by atoms with E-state index in [4.69, 9.17) is 4.52 Å². The molecule has 3 heterocycles. The molecule has 1 atom stereocenters. The number of hydrogen-bond acceptors (Lipinski definition) is 7. The van der Waals surface area contributed by atoms with E-state index in [0.29, 0.717) is 18.3 Å². The molecule has 1 aliphatic carbocycles. The summed E-state index contributed by atoms with van der Waals surface area (Å²) in [6.07, 6.45) is 3.86. The largest absolute Gasteiger partial charge is 0.346 e. The zero-order valence-corrected chi connectivity index (χ0v) is 12.4. The first-order valence-corrected chi connectivity index (χ1v) is 7.71. The molecule has 3 N–H and O–H groups in total. The highest BCUT2D eigenvalue weighted by Crippen LogP contribution is 2.31. The highest BCUT2D eigenvalue weighted by Gasteiger charge is 2.33. The molecule has 122 valence electrons. The van der Waals surface area contributed by atoms with Gasteiger partial charge in [-0.05, 0) is 32.2 Å². The molecule has 1 amide bonds. The van der Waals surface area contributed by atoms with Crippen molar-refractivity contribution < 1.29 is 9.32 Å². The summed E-state index contributed by atoms with van der Waals surface area (Å²) in [7, 11) is 0. The van der Waals surface area contributed by atoms with Crippen LogP contribution in [0.2, 0.25) is 0 Å². The van der Waals surface area contributed by atoms with Gasteiger partial charge in [0.15, 0.2) is 0 Å². The maximum atomic E-state index is 11.9. The third-order valence-electron chi connectivity index (χ3n) is 4.11. The monoisotopic (exact) mass is 319 g/mol. The van der Waals surface area contributed by atoms with Gasteiger partial charge < -0.3 is 9.84 Å². The van der Waals surface area contributed by atoms with Gasteiger partial charge in [0.1, 0.15) is 5.82 Å². The molecule has 0 aromatic carbocycles. The Kier molecular flexibility index (Phi) is 3.45. The van der Waals surface area contributed by atoms with E-state index in [9.17, 15) is 9.59 Å². The van der Waals surface area contributed by atoms with E-state index in [1.165, 1.54) is 0 Å². The molecule has 2 aromatic heterocycles. The van der Waals surface area contributed by atoms with Gasteiger partial charge in [0, 0.05) is 6.04 Å². The number of H-pyrrole nitrogens is 2. The van der Waals surface area contributed by atoms with Crippen molar-refractivity contribution in [2.24, 2.45) is 0 Å². The van der Waals surface area contributed by atoms with E-state index in [0.717, 1.165) is 32.2 Å². The number of amides is 1. The zero-order chi connectivity index (χ0) is 15.8. The van der Waals surface area contributed by atoms with Crippen LogP contribution >= 0.6 is 0 Å². The van der Waals surface area contributed by atoms with Crippen molar-refractivity contribution in [3.05, 3.63) is 28.0 Å². The number of rotatable bonds is 5. The van der Waals surface area contributed by atoms with Crippen LogP contribution in [0.4, 0.5) is 0 Å². The van der Waals surface area contributed by atoms with Gasteiger partial charge in [0.2, 0.25) is 5.89 Å². The number of aromatic nitrogens is 5. The van der Waals surface area contributed by atoms with Crippen molar-refractivity contribution in [1.29, 1.82) is 0 Å². The van der Waals surface area contributed by atoms with E-state index in [-0.39, 0.29) is 29.5 Å². The van der Waals surface area contributed by atoms with E-state index in [1.807, 2.05) is 0 Å². The van der Waals surface area contributed by atoms with Gasteiger partial charge in [-0.2, -0.15) is 10.1 Å². The molecule has 2 aromatic rings. The third kappa shape index (κ3) is 3.02. The van der Waals surface area contributed by atoms with Crippen LogP contribution in [-0.4, -0.2) is 48.7 Å². The number of likely N-dealkylation sites (tertiary alicyclic amines) is 1. The number of aromatic amines is 2. The molecule has 0 spiro atoms. The Balaban J connectivity index is 1.46. The Morgan fingerprint density at radius 3 is 3.00 bits per heavy atom. The van der Waals surface area contributed by atoms with Gasteiger partial charge >= 0.3 is 5.69 Å². The summed E-state index contributed by atoms with van der Waals surface area (Å²) in [5, 5.41) is 12.9. The molecular formula is C13H17N7O3. The molecule has 0 bridgehead atoms. The third-order valence-corrected chi connectivity index (χ3v) is 4.11. The van der Waals surface area contributed by atoms with Crippen LogP contribution in [0.25, 0.3) is 0 Å². The fourth-order valence-corrected chi connectivity index (χ4v) is 2.81. The molecule has 4 rings (SSSR count). The minimum atomic E-state index is -0.326. The van der Waals surface area contributed by atoms with Crippen molar-refractivity contribution in [2.45, 2.75) is 44.3 Å². The van der Waals surface area contributed by atoms with Crippen LogP contribution in [0.5, 0.6) is 0 Å². The lowest BCUT2D eigenvalue weighted by molar-refractivity contribution is 0.0937. The van der Waals surface area contributed by atoms with Gasteiger partial charge in [0.25, 0.3) is 11.7 Å². The number of nitrogens with zero attached hydrogens (tertiary/aromatic N) is 4. The second-order valence-electron chi connectivity index (χ2n) is 5.96. The molecule has 2 aliphatic rings. The molecule has 1 saturated heterocycles. The number of carbonyl (C=O) groups is 1. The van der Waals surface area contributed by atoms with Gasteiger partial charge in [0.05, 0.1) is 12.6 Å². The lowest BCUT2D eigenvalue weighted by Gasteiger charge is -2.19. The number of hydrogen-bond donors (Lipinski definition) is 3. The summed E-state index contributed by atoms with van der Waals surface area (Å²) in [5.41, 5.74) is -0.326. The molecule has 1 saturated carbocycles. The Morgan fingerprint density at radius 1 is 1.39 bits per heavy atom. The second kappa shape index (κ2) is 5.61. The van der Waals surface area contributed by atoms with Crippen LogP contribution in [0.3, 0.4) is 0 Å². The SMILES string of the molecule is O=C(NC1CC1)c1noc([C@@H]2CCCN2Cc2n[nH]c(=O)[nH]2)n1. The molecule has 2 fully saturated rings. The summed E-state index contributed by atoms with van der Waals surface area (Å²) in [4.78, 5) is 32.0. The first kappa shape index (κ1) is 14.1. The Bertz CT molecular complexity index is 759. The topological polar surface area (TPSA) is 133 Å². The molecule has 23 heavy (non-hydrogen) atoms. The highest BCUT2D eigenvalue weighted by atomic mass is 16.5. The average molecular weight is 319 g/mol. The fraction of sp³-hybridized carbons (Fsp3) is 0.615. The zero-order valence-electron chi connectivity index (χ0n) is 12.4. The summed E-state index contributed by atoms with van der Waals surface area (Å²) in [6.45, 7) is 1.32. The summed E-state index contributed by atoms with van der Waals surface area (Å²) in [5.74, 6) is 0.782. The van der Waals surface area contributed by atoms with Crippen LogP contribution < -0.4 is 11.0 Å². The van der Waals surface area contributed by atoms with Crippen molar-refractivity contribution in [1.82, 2.24) is 35.5 Å². The molecule has 0 radical (unpaired) electrons. The van der Waals surface area contributed by atoms with Crippen LogP contribution in [0, 0.1) is 0 Å². The van der Waals surface area contributed by atoms with Crippen LogP contribution in [0.1, 0.15) is 54.1 Å². The molecule has 10 heteroatoms. The standard InChI is InChI=1S/C13H17N7O3/c21-11(14-7-3-4-7)10-16-12(23-19-10)8-2-1-5-20(8)6-9-15-13(22)18-17-9/h7-8H,1-6H2,(H,14,21)(H2,15,17,18,22)/t8-/m0/s1. The Morgan fingerprint density at radius 2 is 2.26 bits per heavy atom. The van der Waals surface area contributed by atoms with E-state index >= 15 is 0 Å². The Labute approximate surface area is 130 Å². The molecule has 0 unspecified atom stereocenters. The van der Waals surface area contributed by atoms with Crippen molar-refractivity contribution in [3.63, 3.8) is 0 Å². The van der Waals surface area contributed by atoms with E-state index in [2.05, 4.69) is 35.5 Å². The average Bonchev–Trinajstić information content (AvgIpc) is 2.96. The first-order chi connectivity index (χ1) is 11.2. The minimum Gasteiger partial charge on any atom is -0.346 e. The van der Waals surface area contributed by atoms with Gasteiger partial charge in [-0.3, -0.25) is 14.7 Å². The number of nitrogens with one attached hydrogen (secondary N) is 3. The highest BCUT2D eigenvalue weighted by molar-refractivity contribution is 5.90. The summed E-state index contributed by atoms with van der Waals surface area (Å²) >= 11 is 0. The smallest absolute Gasteiger partial charge is 0.340 e. The lowest BCUT2D eigenvalue weighted by Crippen LogP contribution is -2.27. The predicted octanol–water partition coefficient (Wildman–Crippen LogP) is -0.290. The van der Waals surface area contributed by atoms with E-state index in [1.54, 1.807) is 0 Å². The van der Waals surface area contributed by atoms with E-state index < -0.39 is 0 Å². The minimum absolute atomic E-state index is 0.0647. The van der Waals surface area contributed by atoms with Gasteiger partial charge in [-0.25, -0.2) is 9.89 Å². The normalized spacial score (nSPS) is 21.7.